The number of hydrogen-bond donors (Lipinski definition) is 0. The summed E-state index contributed by atoms with van der Waals surface area (Å²) in [5, 5.41) is 0.271. The van der Waals surface area contributed by atoms with E-state index in [1.54, 1.807) is 0 Å². The van der Waals surface area contributed by atoms with Crippen LogP contribution in [0, 0.1) is 0 Å². The molecule has 2 aromatic heterocycles. The molecule has 4 rings (SSSR count). The van der Waals surface area contributed by atoms with Crippen LogP contribution in [-0.2, 0) is 19.1 Å². The third-order valence-corrected chi connectivity index (χ3v) is 6.08. The van der Waals surface area contributed by atoms with E-state index >= 15 is 0 Å². The number of alkyl halides is 3. The zero-order valence-corrected chi connectivity index (χ0v) is 19.3. The molecule has 1 aliphatic rings. The van der Waals surface area contributed by atoms with Gasteiger partial charge in [-0.05, 0) is 29.7 Å². The van der Waals surface area contributed by atoms with Gasteiger partial charge in [-0.25, -0.2) is 9.97 Å². The van der Waals surface area contributed by atoms with E-state index in [0.29, 0.717) is 17.3 Å². The van der Waals surface area contributed by atoms with Gasteiger partial charge in [0.1, 0.15) is 11.9 Å². The summed E-state index contributed by atoms with van der Waals surface area (Å²) < 4.78 is 45.6. The van der Waals surface area contributed by atoms with E-state index in [-0.39, 0.29) is 23.2 Å². The molecule has 6 nitrogen and oxygen atoms in total. The van der Waals surface area contributed by atoms with E-state index in [1.165, 1.54) is 29.0 Å². The number of aryl methyl sites for hydroxylation is 1. The summed E-state index contributed by atoms with van der Waals surface area (Å²) in [4.78, 5) is 23.5. The van der Waals surface area contributed by atoms with Gasteiger partial charge >= 0.3 is 6.18 Å². The minimum atomic E-state index is -4.40. The number of hydrogen-bond acceptors (Lipinski definition) is 5. The second-order valence-electron chi connectivity index (χ2n) is 8.20. The van der Waals surface area contributed by atoms with Gasteiger partial charge in [-0.2, -0.15) is 13.2 Å². The molecule has 0 amide bonds. The smallest absolute Gasteiger partial charge is 0.416 e. The number of piperidine rings is 1. The molecule has 0 radical (unpaired) electrons. The molecule has 10 heteroatoms. The molecule has 0 N–H and O–H groups in total. The Kier molecular flexibility index (Phi) is 7.11. The highest BCUT2D eigenvalue weighted by molar-refractivity contribution is 6.31. The second-order valence-corrected chi connectivity index (χ2v) is 8.60. The summed E-state index contributed by atoms with van der Waals surface area (Å²) in [5.41, 5.74) is 0.563. The van der Waals surface area contributed by atoms with Crippen molar-refractivity contribution in [2.75, 3.05) is 18.0 Å². The Labute approximate surface area is 200 Å². The van der Waals surface area contributed by atoms with Gasteiger partial charge in [0.15, 0.2) is 0 Å². The SMILES string of the molecule is CCc1cnc(N2CCC(Oc3cc(=O)n(Cc4ccc(C(F)(F)F)cc4)cc3Cl)CC2)nc1. The number of ether oxygens (including phenoxy) is 1. The topological polar surface area (TPSA) is 60.3 Å². The lowest BCUT2D eigenvalue weighted by molar-refractivity contribution is -0.137. The first-order chi connectivity index (χ1) is 16.2. The third kappa shape index (κ3) is 5.70. The van der Waals surface area contributed by atoms with Crippen molar-refractivity contribution in [3.05, 3.63) is 81.0 Å². The van der Waals surface area contributed by atoms with Crippen LogP contribution in [0.1, 0.15) is 36.5 Å². The second kappa shape index (κ2) is 10.0. The highest BCUT2D eigenvalue weighted by Gasteiger charge is 2.30. The first-order valence-electron chi connectivity index (χ1n) is 11.0. The van der Waals surface area contributed by atoms with Crippen LogP contribution in [-0.4, -0.2) is 33.7 Å². The lowest BCUT2D eigenvalue weighted by Crippen LogP contribution is -2.39. The van der Waals surface area contributed by atoms with Gasteiger partial charge in [0, 0.05) is 50.6 Å². The van der Waals surface area contributed by atoms with Crippen LogP contribution in [0.3, 0.4) is 0 Å². The molecule has 34 heavy (non-hydrogen) atoms. The van der Waals surface area contributed by atoms with Crippen molar-refractivity contribution < 1.29 is 17.9 Å². The minimum absolute atomic E-state index is 0.103. The van der Waals surface area contributed by atoms with Crippen molar-refractivity contribution in [3.63, 3.8) is 0 Å². The van der Waals surface area contributed by atoms with Crippen molar-refractivity contribution in [2.45, 2.75) is 45.0 Å². The first kappa shape index (κ1) is 24.1. The van der Waals surface area contributed by atoms with Crippen molar-refractivity contribution in [1.29, 1.82) is 0 Å². The van der Waals surface area contributed by atoms with Gasteiger partial charge in [0.05, 0.1) is 17.1 Å². The fourth-order valence-corrected chi connectivity index (χ4v) is 4.00. The van der Waals surface area contributed by atoms with E-state index < -0.39 is 11.7 Å². The number of pyridine rings is 1. The zero-order chi connectivity index (χ0) is 24.3. The van der Waals surface area contributed by atoms with Gasteiger partial charge in [-0.15, -0.1) is 0 Å². The molecule has 0 spiro atoms. The van der Waals surface area contributed by atoms with Crippen LogP contribution in [0.25, 0.3) is 0 Å². The Morgan fingerprint density at radius 3 is 2.32 bits per heavy atom. The van der Waals surface area contributed by atoms with Gasteiger partial charge in [-0.1, -0.05) is 30.7 Å². The molecule has 3 heterocycles. The van der Waals surface area contributed by atoms with E-state index in [9.17, 15) is 18.0 Å². The number of halogens is 4. The molecule has 1 aromatic carbocycles. The third-order valence-electron chi connectivity index (χ3n) is 5.79. The maximum Gasteiger partial charge on any atom is 0.416 e. The highest BCUT2D eigenvalue weighted by atomic mass is 35.5. The molecular weight excluding hydrogens is 469 g/mol. The number of nitrogens with zero attached hydrogens (tertiary/aromatic N) is 4. The van der Waals surface area contributed by atoms with E-state index in [0.717, 1.165) is 50.0 Å². The largest absolute Gasteiger partial charge is 0.488 e. The molecule has 3 aromatic rings. The molecule has 1 saturated heterocycles. The molecule has 1 fully saturated rings. The molecule has 0 aliphatic carbocycles. The summed E-state index contributed by atoms with van der Waals surface area (Å²) in [7, 11) is 0. The molecule has 0 saturated carbocycles. The lowest BCUT2D eigenvalue weighted by atomic mass is 10.1. The predicted octanol–water partition coefficient (Wildman–Crippen LogP) is 4.97. The standard InChI is InChI=1S/C24H24ClF3N4O2/c1-2-16-12-29-23(30-13-16)31-9-7-19(8-10-31)34-21-11-22(33)32(15-20(21)25)14-17-3-5-18(6-4-17)24(26,27)28/h3-6,11-13,15,19H,2,7-10,14H2,1H3. The maximum absolute atomic E-state index is 12.7. The van der Waals surface area contributed by atoms with E-state index in [1.807, 2.05) is 12.4 Å². The molecule has 180 valence electrons. The Morgan fingerprint density at radius 1 is 1.09 bits per heavy atom. The summed E-state index contributed by atoms with van der Waals surface area (Å²) in [5.74, 6) is 0.997. The van der Waals surface area contributed by atoms with Crippen LogP contribution in [0.5, 0.6) is 5.75 Å². The van der Waals surface area contributed by atoms with Gasteiger partial charge in [0.25, 0.3) is 5.56 Å². The normalized spacial score (nSPS) is 14.9. The zero-order valence-electron chi connectivity index (χ0n) is 18.6. The monoisotopic (exact) mass is 492 g/mol. The average Bonchev–Trinajstić information content (AvgIpc) is 2.82. The quantitative estimate of drug-likeness (QED) is 0.486. The van der Waals surface area contributed by atoms with Gasteiger partial charge in [-0.3, -0.25) is 4.79 Å². The van der Waals surface area contributed by atoms with Crippen LogP contribution in [0.4, 0.5) is 19.1 Å². The first-order valence-corrected chi connectivity index (χ1v) is 11.4. The van der Waals surface area contributed by atoms with Crippen molar-refractivity contribution >= 4 is 17.5 Å². The molecule has 1 aliphatic heterocycles. The Balaban J connectivity index is 1.37. The number of benzene rings is 1. The van der Waals surface area contributed by atoms with E-state index in [4.69, 9.17) is 16.3 Å². The molecule has 0 unspecified atom stereocenters. The highest BCUT2D eigenvalue weighted by Crippen LogP contribution is 2.30. The molecule has 0 atom stereocenters. The van der Waals surface area contributed by atoms with Crippen molar-refractivity contribution in [1.82, 2.24) is 14.5 Å². The number of aromatic nitrogens is 3. The van der Waals surface area contributed by atoms with Crippen LogP contribution in [0.2, 0.25) is 5.02 Å². The summed E-state index contributed by atoms with van der Waals surface area (Å²) in [6.45, 7) is 3.60. The lowest BCUT2D eigenvalue weighted by Gasteiger charge is -2.32. The predicted molar refractivity (Wildman–Crippen MR) is 124 cm³/mol. The number of anilines is 1. The Hall–Kier alpha value is -3.07. The fourth-order valence-electron chi connectivity index (χ4n) is 3.78. The van der Waals surface area contributed by atoms with Crippen LogP contribution in [0.15, 0.2) is 53.7 Å². The number of rotatable bonds is 6. The minimum Gasteiger partial charge on any atom is -0.488 e. The maximum atomic E-state index is 12.7. The summed E-state index contributed by atoms with van der Waals surface area (Å²) in [6, 6.07) is 6.01. The van der Waals surface area contributed by atoms with Gasteiger partial charge in [0.2, 0.25) is 5.95 Å². The van der Waals surface area contributed by atoms with E-state index in [2.05, 4.69) is 21.8 Å². The van der Waals surface area contributed by atoms with Crippen LogP contribution < -0.4 is 15.2 Å². The Morgan fingerprint density at radius 2 is 1.74 bits per heavy atom. The molecule has 0 bridgehead atoms. The fraction of sp³-hybridized carbons (Fsp3) is 0.375. The average molecular weight is 493 g/mol. The van der Waals surface area contributed by atoms with Crippen molar-refractivity contribution in [3.8, 4) is 5.75 Å². The summed E-state index contributed by atoms with van der Waals surface area (Å²) >= 11 is 6.36. The van der Waals surface area contributed by atoms with Crippen LogP contribution >= 0.6 is 11.6 Å². The summed E-state index contributed by atoms with van der Waals surface area (Å²) in [6.07, 6.45) is 2.96. The Bertz CT molecular complexity index is 1170. The van der Waals surface area contributed by atoms with Gasteiger partial charge < -0.3 is 14.2 Å². The molecular formula is C24H24ClF3N4O2. The van der Waals surface area contributed by atoms with Crippen molar-refractivity contribution in [2.24, 2.45) is 0 Å².